The number of thioether (sulfide) groups is 1. The monoisotopic (exact) mass is 453 g/mol. The number of fused-ring (bicyclic) bond motifs is 1. The molecule has 3 heterocycles. The van der Waals surface area contributed by atoms with Crippen molar-refractivity contribution in [2.24, 2.45) is 13.0 Å². The average molecular weight is 454 g/mol. The smallest absolute Gasteiger partial charge is 0.202 e. The second-order valence-electron chi connectivity index (χ2n) is 8.91. The Bertz CT molecular complexity index is 1170. The van der Waals surface area contributed by atoms with E-state index in [1.165, 1.54) is 25.3 Å². The molecular formula is C23H27N5O3S. The van der Waals surface area contributed by atoms with Gasteiger partial charge in [-0.2, -0.15) is 0 Å². The molecule has 3 aromatic rings. The van der Waals surface area contributed by atoms with Gasteiger partial charge in [0.2, 0.25) is 5.82 Å². The van der Waals surface area contributed by atoms with E-state index in [4.69, 9.17) is 4.42 Å². The third-order valence-corrected chi connectivity index (χ3v) is 7.91. The fraction of sp³-hybridized carbons (Fsp3) is 0.478. The Morgan fingerprint density at radius 2 is 2.22 bits per heavy atom. The summed E-state index contributed by atoms with van der Waals surface area (Å²) in [4.78, 5) is 18.5. The van der Waals surface area contributed by atoms with Crippen LogP contribution < -0.4 is 0 Å². The minimum atomic E-state index is -0.0877. The van der Waals surface area contributed by atoms with E-state index in [1.54, 1.807) is 17.8 Å². The van der Waals surface area contributed by atoms with E-state index < -0.39 is 0 Å². The van der Waals surface area contributed by atoms with Crippen LogP contribution >= 0.6 is 11.8 Å². The topological polar surface area (TPSA) is 97.3 Å². The number of phenolic OH excluding ortho intramolecular Hbond substituents is 1. The lowest BCUT2D eigenvalue weighted by Gasteiger charge is -2.21. The van der Waals surface area contributed by atoms with Crippen molar-refractivity contribution in [2.75, 3.05) is 25.4 Å². The molecule has 1 aliphatic carbocycles. The molecule has 1 saturated carbocycles. The second-order valence-corrected chi connectivity index (χ2v) is 9.98. The first-order valence-electron chi connectivity index (χ1n) is 10.9. The molecule has 168 valence electrons. The number of hydrogen-bond acceptors (Lipinski definition) is 8. The van der Waals surface area contributed by atoms with Gasteiger partial charge in [0.05, 0.1) is 11.3 Å². The van der Waals surface area contributed by atoms with E-state index in [-0.39, 0.29) is 16.9 Å². The van der Waals surface area contributed by atoms with Crippen LogP contribution in [0, 0.1) is 12.8 Å². The maximum atomic E-state index is 11.8. The molecule has 1 saturated heterocycles. The van der Waals surface area contributed by atoms with E-state index in [1.807, 2.05) is 30.7 Å². The Balaban J connectivity index is 1.15. The standard InChI is InChI=1S/C23H27N5O3S/c1-14-20(31-13-24-14)21-25-26-22(27(21)3)32-8-4-7-28-11-17-10-23(17,12-28)16-5-6-19(30)18(9-16)15(2)29/h5-6,9,13,17,30H,4,7-8,10-12H2,1-3H3/t17-,23+/m1/s1. The van der Waals surface area contributed by atoms with Crippen LogP contribution in [0.15, 0.2) is 34.2 Å². The van der Waals surface area contributed by atoms with E-state index in [0.29, 0.717) is 23.1 Å². The van der Waals surface area contributed by atoms with Crippen molar-refractivity contribution in [3.63, 3.8) is 0 Å². The van der Waals surface area contributed by atoms with Crippen LogP contribution in [-0.2, 0) is 12.5 Å². The molecule has 1 aliphatic heterocycles. The summed E-state index contributed by atoms with van der Waals surface area (Å²) in [6.07, 6.45) is 3.66. The van der Waals surface area contributed by atoms with Crippen LogP contribution in [0.2, 0.25) is 0 Å². The van der Waals surface area contributed by atoms with Crippen molar-refractivity contribution in [1.82, 2.24) is 24.6 Å². The summed E-state index contributed by atoms with van der Waals surface area (Å²) >= 11 is 1.70. The Labute approximate surface area is 191 Å². The van der Waals surface area contributed by atoms with E-state index in [9.17, 15) is 9.90 Å². The van der Waals surface area contributed by atoms with Gasteiger partial charge in [0.25, 0.3) is 0 Å². The Morgan fingerprint density at radius 1 is 1.38 bits per heavy atom. The van der Waals surface area contributed by atoms with Crippen molar-refractivity contribution in [3.05, 3.63) is 41.4 Å². The Hall–Kier alpha value is -2.65. The summed E-state index contributed by atoms with van der Waals surface area (Å²) in [6, 6.07) is 5.56. The van der Waals surface area contributed by atoms with Crippen molar-refractivity contribution in [3.8, 4) is 17.3 Å². The maximum absolute atomic E-state index is 11.8. The number of ketones is 1. The van der Waals surface area contributed by atoms with Crippen LogP contribution in [0.25, 0.3) is 11.6 Å². The van der Waals surface area contributed by atoms with Crippen LogP contribution in [0.4, 0.5) is 0 Å². The molecule has 2 atom stereocenters. The molecule has 1 N–H and O–H groups in total. The largest absolute Gasteiger partial charge is 0.507 e. The normalized spacial score (nSPS) is 22.3. The lowest BCUT2D eigenvalue weighted by Crippen LogP contribution is -2.28. The molecular weight excluding hydrogens is 426 g/mol. The van der Waals surface area contributed by atoms with Crippen LogP contribution in [0.1, 0.15) is 41.4 Å². The van der Waals surface area contributed by atoms with Gasteiger partial charge in [-0.05, 0) is 56.8 Å². The molecule has 2 aromatic heterocycles. The van der Waals surface area contributed by atoms with Gasteiger partial charge in [-0.1, -0.05) is 17.8 Å². The molecule has 32 heavy (non-hydrogen) atoms. The van der Waals surface area contributed by atoms with Crippen molar-refractivity contribution >= 4 is 17.5 Å². The number of likely N-dealkylation sites (tertiary alicyclic amines) is 1. The Morgan fingerprint density at radius 3 is 2.97 bits per heavy atom. The SMILES string of the molecule is CC(=O)c1cc([C@@]23C[C@@H]2CN(CCCSc2nnc(-c4ocnc4C)n2C)C3)ccc1O. The number of Topliss-reactive ketones (excluding diaryl/α,β-unsaturated/α-hetero) is 1. The lowest BCUT2D eigenvalue weighted by atomic mass is 9.92. The number of rotatable bonds is 8. The van der Waals surface area contributed by atoms with Gasteiger partial charge >= 0.3 is 0 Å². The molecule has 0 radical (unpaired) electrons. The number of carbonyl (C=O) groups excluding carboxylic acids is 1. The quantitative estimate of drug-likeness (QED) is 0.315. The van der Waals surface area contributed by atoms with Gasteiger partial charge in [-0.3, -0.25) is 4.79 Å². The molecule has 5 rings (SSSR count). The number of oxazole rings is 1. The number of aromatic nitrogens is 4. The zero-order valence-electron chi connectivity index (χ0n) is 18.5. The summed E-state index contributed by atoms with van der Waals surface area (Å²) in [6.45, 7) is 6.55. The highest BCUT2D eigenvalue weighted by atomic mass is 32.2. The van der Waals surface area contributed by atoms with Crippen LogP contribution in [-0.4, -0.2) is 60.9 Å². The van der Waals surface area contributed by atoms with E-state index in [0.717, 1.165) is 42.7 Å². The predicted molar refractivity (Wildman–Crippen MR) is 121 cm³/mol. The third kappa shape index (κ3) is 3.63. The second kappa shape index (κ2) is 8.04. The van der Waals surface area contributed by atoms with Crippen molar-refractivity contribution < 1.29 is 14.3 Å². The van der Waals surface area contributed by atoms with Gasteiger partial charge in [-0.25, -0.2) is 4.98 Å². The summed E-state index contributed by atoms with van der Waals surface area (Å²) < 4.78 is 7.40. The minimum absolute atomic E-state index is 0.0760. The maximum Gasteiger partial charge on any atom is 0.202 e. The summed E-state index contributed by atoms with van der Waals surface area (Å²) in [5.41, 5.74) is 2.58. The zero-order valence-corrected chi connectivity index (χ0v) is 19.4. The number of piperidine rings is 1. The first kappa shape index (κ1) is 21.2. The molecule has 2 aliphatic rings. The fourth-order valence-corrected chi connectivity index (χ4v) is 5.77. The molecule has 9 heteroatoms. The summed E-state index contributed by atoms with van der Waals surface area (Å²) in [7, 11) is 1.95. The first-order valence-corrected chi connectivity index (χ1v) is 11.9. The summed E-state index contributed by atoms with van der Waals surface area (Å²) in [5, 5.41) is 19.4. The van der Waals surface area contributed by atoms with Crippen LogP contribution in [0.5, 0.6) is 5.75 Å². The lowest BCUT2D eigenvalue weighted by molar-refractivity contribution is 0.101. The van der Waals surface area contributed by atoms with Crippen molar-refractivity contribution in [1.29, 1.82) is 0 Å². The third-order valence-electron chi connectivity index (χ3n) is 6.80. The molecule has 0 spiro atoms. The minimum Gasteiger partial charge on any atom is -0.507 e. The number of carbonyl (C=O) groups is 1. The molecule has 0 amide bonds. The van der Waals surface area contributed by atoms with Crippen LogP contribution in [0.3, 0.4) is 0 Å². The summed E-state index contributed by atoms with van der Waals surface area (Å²) in [5.74, 6) is 2.95. The van der Waals surface area contributed by atoms with Gasteiger partial charge in [0.15, 0.2) is 23.1 Å². The Kier molecular flexibility index (Phi) is 5.33. The number of hydrogen-bond donors (Lipinski definition) is 1. The molecule has 8 nitrogen and oxygen atoms in total. The number of aromatic hydroxyl groups is 1. The number of aryl methyl sites for hydroxylation is 1. The highest BCUT2D eigenvalue weighted by molar-refractivity contribution is 7.99. The number of phenols is 1. The van der Waals surface area contributed by atoms with E-state index >= 15 is 0 Å². The number of benzene rings is 1. The van der Waals surface area contributed by atoms with Crippen molar-refractivity contribution in [2.45, 2.75) is 37.3 Å². The fourth-order valence-electron chi connectivity index (χ4n) is 4.94. The van der Waals surface area contributed by atoms with Gasteiger partial charge in [-0.15, -0.1) is 10.2 Å². The van der Waals surface area contributed by atoms with Gasteiger partial charge in [0.1, 0.15) is 5.75 Å². The average Bonchev–Trinajstić information content (AvgIpc) is 3.06. The predicted octanol–water partition coefficient (Wildman–Crippen LogP) is 3.44. The molecule has 0 unspecified atom stereocenters. The highest BCUT2D eigenvalue weighted by Crippen LogP contribution is 2.59. The highest BCUT2D eigenvalue weighted by Gasteiger charge is 2.60. The molecule has 1 aromatic carbocycles. The van der Waals surface area contributed by atoms with Gasteiger partial charge < -0.3 is 19.0 Å². The molecule has 2 fully saturated rings. The zero-order chi connectivity index (χ0) is 22.5. The first-order chi connectivity index (χ1) is 15.4. The molecule has 0 bridgehead atoms. The number of nitrogens with zero attached hydrogens (tertiary/aromatic N) is 5. The van der Waals surface area contributed by atoms with E-state index in [2.05, 4.69) is 20.1 Å². The van der Waals surface area contributed by atoms with Gasteiger partial charge in [0, 0.05) is 31.3 Å².